The van der Waals surface area contributed by atoms with Gasteiger partial charge in [-0.2, -0.15) is 0 Å². The highest BCUT2D eigenvalue weighted by molar-refractivity contribution is 5.95. The lowest BCUT2D eigenvalue weighted by molar-refractivity contribution is 0.0955. The van der Waals surface area contributed by atoms with Crippen molar-refractivity contribution in [2.75, 3.05) is 12.3 Å². The number of benzene rings is 1. The summed E-state index contributed by atoms with van der Waals surface area (Å²) in [5.74, 6) is 1.03. The van der Waals surface area contributed by atoms with Gasteiger partial charge in [-0.05, 0) is 39.0 Å². The lowest BCUT2D eigenvalue weighted by Crippen LogP contribution is -2.22. The molecule has 0 fully saturated rings. The average Bonchev–Trinajstić information content (AvgIpc) is 2.77. The number of nitrogen functional groups attached to an aromatic ring is 1. The number of anilines is 1. The van der Waals surface area contributed by atoms with Crippen LogP contribution < -0.4 is 15.8 Å². The summed E-state index contributed by atoms with van der Waals surface area (Å²) in [5.41, 5.74) is 8.55. The Hall–Kier alpha value is -2.50. The molecule has 1 aromatic heterocycles. The first kappa shape index (κ1) is 14.9. The van der Waals surface area contributed by atoms with Crippen molar-refractivity contribution < 1.29 is 14.1 Å². The number of rotatable bonds is 5. The van der Waals surface area contributed by atoms with Crippen LogP contribution in [-0.4, -0.2) is 17.6 Å². The highest BCUT2D eigenvalue weighted by atomic mass is 16.5. The Kier molecular flexibility index (Phi) is 4.47. The SMILES string of the molecule is CCNC(=O)c1ccc(N)c(OCc2c(C)noc2C)c1. The highest BCUT2D eigenvalue weighted by Crippen LogP contribution is 2.25. The van der Waals surface area contributed by atoms with Gasteiger partial charge in [-0.15, -0.1) is 0 Å². The molecule has 0 atom stereocenters. The largest absolute Gasteiger partial charge is 0.487 e. The van der Waals surface area contributed by atoms with E-state index in [0.717, 1.165) is 11.3 Å². The molecule has 0 aliphatic heterocycles. The van der Waals surface area contributed by atoms with E-state index in [-0.39, 0.29) is 5.91 Å². The molecule has 1 amide bonds. The van der Waals surface area contributed by atoms with E-state index in [0.29, 0.717) is 35.9 Å². The molecule has 0 aliphatic carbocycles. The molecule has 21 heavy (non-hydrogen) atoms. The van der Waals surface area contributed by atoms with E-state index in [1.807, 2.05) is 20.8 Å². The monoisotopic (exact) mass is 289 g/mol. The molecule has 3 N–H and O–H groups in total. The normalized spacial score (nSPS) is 10.4. The van der Waals surface area contributed by atoms with Crippen LogP contribution in [0.3, 0.4) is 0 Å². The fourth-order valence-corrected chi connectivity index (χ4v) is 1.92. The van der Waals surface area contributed by atoms with Crippen molar-refractivity contribution in [3.8, 4) is 5.75 Å². The molecule has 1 aromatic carbocycles. The number of amides is 1. The summed E-state index contributed by atoms with van der Waals surface area (Å²) in [4.78, 5) is 11.8. The first-order valence-corrected chi connectivity index (χ1v) is 6.75. The first-order chi connectivity index (χ1) is 10.0. The van der Waals surface area contributed by atoms with Gasteiger partial charge in [-0.25, -0.2) is 0 Å². The van der Waals surface area contributed by atoms with E-state index in [1.54, 1.807) is 18.2 Å². The van der Waals surface area contributed by atoms with Crippen LogP contribution in [0.25, 0.3) is 0 Å². The molecule has 0 bridgehead atoms. The summed E-state index contributed by atoms with van der Waals surface area (Å²) in [6, 6.07) is 4.97. The lowest BCUT2D eigenvalue weighted by atomic mass is 10.1. The van der Waals surface area contributed by atoms with Gasteiger partial charge in [0.15, 0.2) is 0 Å². The molecule has 6 nitrogen and oxygen atoms in total. The third-order valence-corrected chi connectivity index (χ3v) is 3.17. The number of ether oxygens (including phenoxy) is 1. The molecule has 0 saturated heterocycles. The molecule has 0 spiro atoms. The van der Waals surface area contributed by atoms with Crippen molar-refractivity contribution in [1.29, 1.82) is 0 Å². The maximum Gasteiger partial charge on any atom is 0.251 e. The molecule has 0 aliphatic rings. The van der Waals surface area contributed by atoms with Crippen LogP contribution in [0.2, 0.25) is 0 Å². The third kappa shape index (κ3) is 3.34. The minimum absolute atomic E-state index is 0.153. The standard InChI is InChI=1S/C15H19N3O3/c1-4-17-15(19)11-5-6-13(16)14(7-11)20-8-12-9(2)18-21-10(12)3/h5-7H,4,8,16H2,1-3H3,(H,17,19). The zero-order valence-corrected chi connectivity index (χ0v) is 12.4. The summed E-state index contributed by atoms with van der Waals surface area (Å²) in [5, 5.41) is 6.61. The number of hydrogen-bond donors (Lipinski definition) is 2. The topological polar surface area (TPSA) is 90.4 Å². The number of aryl methyl sites for hydroxylation is 2. The second-order valence-corrected chi connectivity index (χ2v) is 4.70. The predicted octanol–water partition coefficient (Wildman–Crippen LogP) is 2.20. The van der Waals surface area contributed by atoms with Crippen molar-refractivity contribution in [3.05, 3.63) is 40.8 Å². The molecular weight excluding hydrogens is 270 g/mol. The van der Waals surface area contributed by atoms with E-state index in [4.69, 9.17) is 15.0 Å². The Labute approximate surface area is 123 Å². The van der Waals surface area contributed by atoms with E-state index in [2.05, 4.69) is 10.5 Å². The van der Waals surface area contributed by atoms with Crippen LogP contribution >= 0.6 is 0 Å². The van der Waals surface area contributed by atoms with E-state index in [1.165, 1.54) is 0 Å². The Morgan fingerprint density at radius 1 is 1.43 bits per heavy atom. The number of nitrogens with two attached hydrogens (primary N) is 1. The van der Waals surface area contributed by atoms with Gasteiger partial charge in [-0.3, -0.25) is 4.79 Å². The van der Waals surface area contributed by atoms with E-state index >= 15 is 0 Å². The van der Waals surface area contributed by atoms with Gasteiger partial charge in [0.1, 0.15) is 18.1 Å². The van der Waals surface area contributed by atoms with Gasteiger partial charge < -0.3 is 20.3 Å². The summed E-state index contributed by atoms with van der Waals surface area (Å²) < 4.78 is 10.8. The molecule has 2 aromatic rings. The van der Waals surface area contributed by atoms with Crippen LogP contribution in [-0.2, 0) is 6.61 Å². The summed E-state index contributed by atoms with van der Waals surface area (Å²) >= 11 is 0. The van der Waals surface area contributed by atoms with Crippen molar-refractivity contribution in [2.45, 2.75) is 27.4 Å². The number of carbonyl (C=O) groups is 1. The number of hydrogen-bond acceptors (Lipinski definition) is 5. The summed E-state index contributed by atoms with van der Waals surface area (Å²) in [6.45, 7) is 6.41. The molecule has 112 valence electrons. The zero-order valence-electron chi connectivity index (χ0n) is 12.4. The molecule has 2 rings (SSSR count). The average molecular weight is 289 g/mol. The number of nitrogens with zero attached hydrogens (tertiary/aromatic N) is 1. The second-order valence-electron chi connectivity index (χ2n) is 4.70. The van der Waals surface area contributed by atoms with Crippen LogP contribution in [0.15, 0.2) is 22.7 Å². The minimum atomic E-state index is -0.153. The van der Waals surface area contributed by atoms with Crippen molar-refractivity contribution in [1.82, 2.24) is 10.5 Å². The van der Waals surface area contributed by atoms with Crippen molar-refractivity contribution >= 4 is 11.6 Å². The number of carbonyl (C=O) groups excluding carboxylic acids is 1. The predicted molar refractivity (Wildman–Crippen MR) is 79.2 cm³/mol. The fourth-order valence-electron chi connectivity index (χ4n) is 1.92. The van der Waals surface area contributed by atoms with Crippen molar-refractivity contribution in [2.24, 2.45) is 0 Å². The van der Waals surface area contributed by atoms with Gasteiger partial charge in [0.25, 0.3) is 5.91 Å². The van der Waals surface area contributed by atoms with Crippen LogP contribution in [0.5, 0.6) is 5.75 Å². The molecule has 0 unspecified atom stereocenters. The maximum atomic E-state index is 11.8. The quantitative estimate of drug-likeness (QED) is 0.823. The summed E-state index contributed by atoms with van der Waals surface area (Å²) in [7, 11) is 0. The smallest absolute Gasteiger partial charge is 0.251 e. The number of nitrogens with one attached hydrogen (secondary N) is 1. The summed E-state index contributed by atoms with van der Waals surface area (Å²) in [6.07, 6.45) is 0. The van der Waals surface area contributed by atoms with Crippen LogP contribution in [0.4, 0.5) is 5.69 Å². The molecule has 1 heterocycles. The van der Waals surface area contributed by atoms with Crippen LogP contribution in [0.1, 0.15) is 34.3 Å². The lowest BCUT2D eigenvalue weighted by Gasteiger charge is -2.10. The zero-order chi connectivity index (χ0) is 15.4. The molecule has 6 heteroatoms. The molecule has 0 radical (unpaired) electrons. The van der Waals surface area contributed by atoms with Gasteiger partial charge in [-0.1, -0.05) is 5.16 Å². The van der Waals surface area contributed by atoms with E-state index in [9.17, 15) is 4.79 Å². The number of aromatic nitrogens is 1. The first-order valence-electron chi connectivity index (χ1n) is 6.75. The Bertz CT molecular complexity index is 630. The fraction of sp³-hybridized carbons (Fsp3) is 0.333. The Balaban J connectivity index is 2.16. The Morgan fingerprint density at radius 3 is 2.81 bits per heavy atom. The van der Waals surface area contributed by atoms with Gasteiger partial charge in [0.05, 0.1) is 16.9 Å². The minimum Gasteiger partial charge on any atom is -0.487 e. The van der Waals surface area contributed by atoms with E-state index < -0.39 is 0 Å². The highest BCUT2D eigenvalue weighted by Gasteiger charge is 2.12. The molecular formula is C15H19N3O3. The van der Waals surface area contributed by atoms with Gasteiger partial charge in [0.2, 0.25) is 0 Å². The molecule has 0 saturated carbocycles. The maximum absolute atomic E-state index is 11.8. The van der Waals surface area contributed by atoms with Crippen LogP contribution in [0, 0.1) is 13.8 Å². The Morgan fingerprint density at radius 2 is 2.19 bits per heavy atom. The van der Waals surface area contributed by atoms with Gasteiger partial charge in [0, 0.05) is 12.1 Å². The third-order valence-electron chi connectivity index (χ3n) is 3.17. The van der Waals surface area contributed by atoms with Gasteiger partial charge >= 0.3 is 0 Å². The van der Waals surface area contributed by atoms with Crippen molar-refractivity contribution in [3.63, 3.8) is 0 Å². The second kappa shape index (κ2) is 6.30.